The first-order valence-corrected chi connectivity index (χ1v) is 6.27. The average Bonchev–Trinajstić information content (AvgIpc) is 2.50. The van der Waals surface area contributed by atoms with Crippen LogP contribution in [0, 0.1) is 0 Å². The molecule has 0 atom stereocenters. The number of nitrogens with one attached hydrogen (secondary N) is 1. The fourth-order valence-corrected chi connectivity index (χ4v) is 2.25. The van der Waals surface area contributed by atoms with Crippen LogP contribution in [0.15, 0.2) is 40.7 Å². The van der Waals surface area contributed by atoms with Crippen LogP contribution in [-0.4, -0.2) is 35.7 Å². The molecule has 2 aromatic rings. The van der Waals surface area contributed by atoms with Gasteiger partial charge in [-0.15, -0.1) is 5.11 Å². The van der Waals surface area contributed by atoms with E-state index in [9.17, 15) is 9.59 Å². The highest BCUT2D eigenvalue weighted by molar-refractivity contribution is 6.26. The lowest BCUT2D eigenvalue weighted by Crippen LogP contribution is -2.34. The minimum atomic E-state index is -0.417. The third-order valence-electron chi connectivity index (χ3n) is 3.24. The standard InChI is InChI=1S/C14H12N4O3/c1-18(7-19)17-16-11-6-5-10-12-8(11)3-2-4-9(12)13(20)15-14(10)21/h2-6,19H,7H2,1H3,(H,15,20,21). The van der Waals surface area contributed by atoms with E-state index in [4.69, 9.17) is 5.11 Å². The minimum Gasteiger partial charge on any atom is -0.375 e. The molecule has 2 N–H and O–H groups in total. The van der Waals surface area contributed by atoms with Crippen molar-refractivity contribution < 1.29 is 14.7 Å². The Morgan fingerprint density at radius 2 is 1.86 bits per heavy atom. The van der Waals surface area contributed by atoms with Crippen molar-refractivity contribution in [2.45, 2.75) is 0 Å². The van der Waals surface area contributed by atoms with Crippen molar-refractivity contribution in [3.05, 3.63) is 41.5 Å². The number of carbonyl (C=O) groups excluding carboxylic acids is 2. The van der Waals surface area contributed by atoms with E-state index in [-0.39, 0.29) is 6.73 Å². The lowest BCUT2D eigenvalue weighted by atomic mass is 9.94. The van der Waals surface area contributed by atoms with Crippen molar-refractivity contribution in [3.8, 4) is 0 Å². The molecule has 0 radical (unpaired) electrons. The number of aliphatic hydroxyl groups excluding tert-OH is 1. The Hall–Kier alpha value is -2.80. The van der Waals surface area contributed by atoms with Crippen molar-refractivity contribution in [1.29, 1.82) is 0 Å². The number of nitrogens with zero attached hydrogens (tertiary/aromatic N) is 3. The van der Waals surface area contributed by atoms with Gasteiger partial charge in [0.05, 0.1) is 5.69 Å². The molecule has 0 saturated heterocycles. The highest BCUT2D eigenvalue weighted by Gasteiger charge is 2.25. The molecule has 0 aromatic heterocycles. The van der Waals surface area contributed by atoms with Gasteiger partial charge in [-0.25, -0.2) is 0 Å². The first kappa shape index (κ1) is 13.2. The summed E-state index contributed by atoms with van der Waals surface area (Å²) in [4.78, 5) is 23.8. The van der Waals surface area contributed by atoms with Crippen LogP contribution >= 0.6 is 0 Å². The zero-order valence-corrected chi connectivity index (χ0v) is 11.2. The van der Waals surface area contributed by atoms with Gasteiger partial charge < -0.3 is 5.11 Å². The molecule has 0 bridgehead atoms. The minimum absolute atomic E-state index is 0.258. The molecule has 1 aliphatic rings. The number of rotatable bonds is 3. The highest BCUT2D eigenvalue weighted by atomic mass is 16.3. The monoisotopic (exact) mass is 284 g/mol. The maximum absolute atomic E-state index is 11.9. The summed E-state index contributed by atoms with van der Waals surface area (Å²) in [5, 5.41) is 21.6. The van der Waals surface area contributed by atoms with E-state index < -0.39 is 11.8 Å². The van der Waals surface area contributed by atoms with Gasteiger partial charge in [0.15, 0.2) is 0 Å². The second kappa shape index (κ2) is 4.95. The number of amides is 2. The summed E-state index contributed by atoms with van der Waals surface area (Å²) in [7, 11) is 1.57. The Kier molecular flexibility index (Phi) is 3.11. The predicted octanol–water partition coefficient (Wildman–Crippen LogP) is 1.60. The molecule has 7 nitrogen and oxygen atoms in total. The Balaban J connectivity index is 2.24. The van der Waals surface area contributed by atoms with Gasteiger partial charge in [-0.1, -0.05) is 17.4 Å². The molecular formula is C14H12N4O3. The van der Waals surface area contributed by atoms with Crippen molar-refractivity contribution in [3.63, 3.8) is 0 Å². The molecule has 0 aliphatic carbocycles. The van der Waals surface area contributed by atoms with E-state index in [1.807, 2.05) is 0 Å². The zero-order chi connectivity index (χ0) is 15.0. The molecule has 2 aromatic carbocycles. The van der Waals surface area contributed by atoms with Gasteiger partial charge in [0.2, 0.25) is 0 Å². The highest BCUT2D eigenvalue weighted by Crippen LogP contribution is 2.33. The van der Waals surface area contributed by atoms with Crippen LogP contribution < -0.4 is 5.32 Å². The van der Waals surface area contributed by atoms with E-state index >= 15 is 0 Å². The SMILES string of the molecule is CN(CO)N=Nc1ccc2c3c(cccc13)C(=O)NC2=O. The molecule has 1 aliphatic heterocycles. The van der Waals surface area contributed by atoms with Crippen LogP contribution in [0.2, 0.25) is 0 Å². The van der Waals surface area contributed by atoms with Gasteiger partial charge in [-0.2, -0.15) is 0 Å². The van der Waals surface area contributed by atoms with Gasteiger partial charge in [0.25, 0.3) is 11.8 Å². The van der Waals surface area contributed by atoms with Gasteiger partial charge in [-0.3, -0.25) is 19.9 Å². The Labute approximate surface area is 119 Å². The molecule has 1 heterocycles. The molecule has 0 saturated carbocycles. The molecule has 0 fully saturated rings. The summed E-state index contributed by atoms with van der Waals surface area (Å²) < 4.78 is 0. The quantitative estimate of drug-likeness (QED) is 0.387. The van der Waals surface area contributed by atoms with E-state index in [2.05, 4.69) is 15.7 Å². The summed E-state index contributed by atoms with van der Waals surface area (Å²) in [5.41, 5.74) is 1.41. The summed E-state index contributed by atoms with van der Waals surface area (Å²) in [6.45, 7) is -0.258. The normalized spacial score (nSPS) is 13.8. The summed E-state index contributed by atoms with van der Waals surface area (Å²) in [6, 6.07) is 8.44. The van der Waals surface area contributed by atoms with Crippen LogP contribution in [0.25, 0.3) is 10.8 Å². The molecule has 7 heteroatoms. The third kappa shape index (κ3) is 2.13. The first-order chi connectivity index (χ1) is 10.1. The lowest BCUT2D eigenvalue weighted by Gasteiger charge is -2.17. The maximum Gasteiger partial charge on any atom is 0.258 e. The van der Waals surface area contributed by atoms with E-state index in [0.717, 1.165) is 0 Å². The summed E-state index contributed by atoms with van der Waals surface area (Å²) in [5.74, 6) is -0.834. The molecular weight excluding hydrogens is 272 g/mol. The number of aliphatic hydroxyl groups is 1. The maximum atomic E-state index is 11.9. The van der Waals surface area contributed by atoms with Gasteiger partial charge >= 0.3 is 0 Å². The molecule has 0 unspecified atom stereocenters. The van der Waals surface area contributed by atoms with Crippen LogP contribution in [-0.2, 0) is 0 Å². The predicted molar refractivity (Wildman–Crippen MR) is 75.1 cm³/mol. The Bertz CT molecular complexity index is 765. The number of hydrogen-bond acceptors (Lipinski definition) is 5. The lowest BCUT2D eigenvalue weighted by molar-refractivity contribution is 0.0845. The van der Waals surface area contributed by atoms with E-state index in [1.165, 1.54) is 5.01 Å². The summed E-state index contributed by atoms with van der Waals surface area (Å²) in [6.07, 6.45) is 0. The number of carbonyl (C=O) groups is 2. The average molecular weight is 284 g/mol. The molecule has 21 heavy (non-hydrogen) atoms. The first-order valence-electron chi connectivity index (χ1n) is 6.27. The van der Waals surface area contributed by atoms with Crippen molar-refractivity contribution in [1.82, 2.24) is 10.3 Å². The van der Waals surface area contributed by atoms with Crippen molar-refractivity contribution in [2.75, 3.05) is 13.8 Å². The molecule has 0 spiro atoms. The fourth-order valence-electron chi connectivity index (χ4n) is 2.25. The Morgan fingerprint density at radius 3 is 2.57 bits per heavy atom. The topological polar surface area (TPSA) is 94.4 Å². The summed E-state index contributed by atoms with van der Waals surface area (Å²) >= 11 is 0. The second-order valence-electron chi connectivity index (χ2n) is 4.63. The van der Waals surface area contributed by atoms with Gasteiger partial charge in [0, 0.05) is 28.9 Å². The second-order valence-corrected chi connectivity index (χ2v) is 4.63. The van der Waals surface area contributed by atoms with Crippen LogP contribution in [0.5, 0.6) is 0 Å². The largest absolute Gasteiger partial charge is 0.375 e. The van der Waals surface area contributed by atoms with Gasteiger partial charge in [0.1, 0.15) is 6.73 Å². The van der Waals surface area contributed by atoms with E-state index in [0.29, 0.717) is 27.6 Å². The van der Waals surface area contributed by atoms with E-state index in [1.54, 1.807) is 37.4 Å². The van der Waals surface area contributed by atoms with Crippen molar-refractivity contribution in [2.24, 2.45) is 10.3 Å². The molecule has 2 amide bonds. The molecule has 3 rings (SSSR count). The number of imide groups is 1. The van der Waals surface area contributed by atoms with Gasteiger partial charge in [-0.05, 0) is 18.2 Å². The van der Waals surface area contributed by atoms with Crippen LogP contribution in [0.4, 0.5) is 5.69 Å². The third-order valence-corrected chi connectivity index (χ3v) is 3.24. The fraction of sp³-hybridized carbons (Fsp3) is 0.143. The number of benzene rings is 2. The zero-order valence-electron chi connectivity index (χ0n) is 11.2. The Morgan fingerprint density at radius 1 is 1.14 bits per heavy atom. The van der Waals surface area contributed by atoms with Crippen LogP contribution in [0.3, 0.4) is 0 Å². The smallest absolute Gasteiger partial charge is 0.258 e. The van der Waals surface area contributed by atoms with Crippen molar-refractivity contribution >= 4 is 28.3 Å². The number of hydrogen-bond donors (Lipinski definition) is 2. The van der Waals surface area contributed by atoms with Crippen LogP contribution in [0.1, 0.15) is 20.7 Å². The molecule has 106 valence electrons.